The fourth-order valence-corrected chi connectivity index (χ4v) is 2.94. The predicted molar refractivity (Wildman–Crippen MR) is 99.4 cm³/mol. The van der Waals surface area contributed by atoms with E-state index in [2.05, 4.69) is 5.32 Å². The number of carbonyl (C=O) groups is 1. The molecule has 1 amide bonds. The Bertz CT molecular complexity index is 818. The molecule has 7 heteroatoms. The van der Waals surface area contributed by atoms with Crippen molar-refractivity contribution in [2.24, 2.45) is 0 Å². The molecule has 2 aromatic rings. The first-order valence-electron chi connectivity index (χ1n) is 8.57. The Labute approximate surface area is 158 Å². The fourth-order valence-electron chi connectivity index (χ4n) is 2.94. The number of rotatable bonds is 6. The highest BCUT2D eigenvalue weighted by atomic mass is 16.6. The zero-order chi connectivity index (χ0) is 19.4. The molecule has 1 N–H and O–H groups in total. The molecule has 3 rings (SSSR count). The smallest absolute Gasteiger partial charge is 0.252 e. The van der Waals surface area contributed by atoms with E-state index in [9.17, 15) is 4.79 Å². The highest BCUT2D eigenvalue weighted by Crippen LogP contribution is 2.40. The van der Waals surface area contributed by atoms with E-state index >= 15 is 0 Å². The first kappa shape index (κ1) is 18.7. The van der Waals surface area contributed by atoms with Gasteiger partial charge in [-0.2, -0.15) is 0 Å². The Kier molecular flexibility index (Phi) is 5.59. The van der Waals surface area contributed by atoms with Crippen molar-refractivity contribution in [1.29, 1.82) is 0 Å². The van der Waals surface area contributed by atoms with Gasteiger partial charge in [0, 0.05) is 11.1 Å². The number of methoxy groups -OCH3 is 3. The number of ether oxygens (including phenoxy) is 5. The number of nitrogens with one attached hydrogen (secondary N) is 1. The van der Waals surface area contributed by atoms with Gasteiger partial charge in [0.2, 0.25) is 5.75 Å². The molecule has 1 heterocycles. The van der Waals surface area contributed by atoms with Crippen LogP contribution >= 0.6 is 0 Å². The molecule has 1 aliphatic rings. The van der Waals surface area contributed by atoms with E-state index in [-0.39, 0.29) is 11.9 Å². The number of fused-ring (bicyclic) bond motifs is 1. The summed E-state index contributed by atoms with van der Waals surface area (Å²) >= 11 is 0. The van der Waals surface area contributed by atoms with Gasteiger partial charge in [-0.05, 0) is 37.3 Å². The van der Waals surface area contributed by atoms with Crippen molar-refractivity contribution in [2.75, 3.05) is 34.5 Å². The van der Waals surface area contributed by atoms with Gasteiger partial charge in [-0.15, -0.1) is 0 Å². The summed E-state index contributed by atoms with van der Waals surface area (Å²) in [5, 5.41) is 2.97. The molecule has 0 unspecified atom stereocenters. The minimum atomic E-state index is -0.304. The number of amides is 1. The normalized spacial score (nSPS) is 13.5. The lowest BCUT2D eigenvalue weighted by Crippen LogP contribution is -2.27. The van der Waals surface area contributed by atoms with Gasteiger partial charge in [-0.25, -0.2) is 0 Å². The van der Waals surface area contributed by atoms with Crippen molar-refractivity contribution in [3.63, 3.8) is 0 Å². The van der Waals surface area contributed by atoms with Crippen LogP contribution in [0.4, 0.5) is 0 Å². The quantitative estimate of drug-likeness (QED) is 0.839. The topological polar surface area (TPSA) is 75.3 Å². The van der Waals surface area contributed by atoms with Crippen molar-refractivity contribution < 1.29 is 28.5 Å². The molecule has 1 atom stereocenters. The Hall–Kier alpha value is -3.09. The molecule has 144 valence electrons. The maximum absolute atomic E-state index is 12.8. The summed E-state index contributed by atoms with van der Waals surface area (Å²) in [7, 11) is 4.71. The molecule has 1 aliphatic heterocycles. The molecule has 27 heavy (non-hydrogen) atoms. The van der Waals surface area contributed by atoms with E-state index in [4.69, 9.17) is 23.7 Å². The van der Waals surface area contributed by atoms with E-state index in [1.54, 1.807) is 26.4 Å². The van der Waals surface area contributed by atoms with Gasteiger partial charge in [0.25, 0.3) is 5.91 Å². The monoisotopic (exact) mass is 373 g/mol. The number of hydrogen-bond donors (Lipinski definition) is 1. The van der Waals surface area contributed by atoms with Crippen LogP contribution in [0.1, 0.15) is 28.9 Å². The van der Waals surface area contributed by atoms with E-state index in [1.165, 1.54) is 7.11 Å². The minimum absolute atomic E-state index is 0.261. The Morgan fingerprint density at radius 2 is 1.74 bits per heavy atom. The van der Waals surface area contributed by atoms with Crippen LogP contribution in [0.3, 0.4) is 0 Å². The summed E-state index contributed by atoms with van der Waals surface area (Å²) in [4.78, 5) is 12.8. The van der Waals surface area contributed by atoms with E-state index in [1.807, 2.05) is 25.1 Å². The predicted octanol–water partition coefficient (Wildman–Crippen LogP) is 2.97. The number of benzene rings is 2. The van der Waals surface area contributed by atoms with Crippen LogP contribution in [0, 0.1) is 0 Å². The highest BCUT2D eigenvalue weighted by Gasteiger charge is 2.22. The lowest BCUT2D eigenvalue weighted by atomic mass is 10.1. The van der Waals surface area contributed by atoms with Gasteiger partial charge in [-0.1, -0.05) is 0 Å². The van der Waals surface area contributed by atoms with Crippen LogP contribution in [0.2, 0.25) is 0 Å². The highest BCUT2D eigenvalue weighted by molar-refractivity contribution is 5.96. The first-order chi connectivity index (χ1) is 13.1. The molecule has 0 aliphatic carbocycles. The molecule has 0 fully saturated rings. The Morgan fingerprint density at radius 1 is 1.00 bits per heavy atom. The number of carbonyl (C=O) groups excluding carboxylic acids is 1. The SMILES string of the molecule is COc1ccc(OC)c([C@@H](C)NC(=O)c2cc(OC)c3c(c2)OCCO3)c1. The van der Waals surface area contributed by atoms with Crippen LogP contribution in [0.5, 0.6) is 28.7 Å². The summed E-state index contributed by atoms with van der Waals surface area (Å²) in [5.74, 6) is 2.57. The van der Waals surface area contributed by atoms with Crippen LogP contribution in [-0.2, 0) is 0 Å². The number of hydrogen-bond acceptors (Lipinski definition) is 6. The average Bonchev–Trinajstić information content (AvgIpc) is 2.72. The second-order valence-corrected chi connectivity index (χ2v) is 6.01. The van der Waals surface area contributed by atoms with E-state index < -0.39 is 0 Å². The van der Waals surface area contributed by atoms with E-state index in [0.29, 0.717) is 47.5 Å². The Balaban J connectivity index is 1.85. The summed E-state index contributed by atoms with van der Waals surface area (Å²) in [5.41, 5.74) is 1.24. The largest absolute Gasteiger partial charge is 0.497 e. The third kappa shape index (κ3) is 3.86. The van der Waals surface area contributed by atoms with Crippen molar-refractivity contribution in [3.05, 3.63) is 41.5 Å². The first-order valence-corrected chi connectivity index (χ1v) is 8.57. The molecule has 0 spiro atoms. The van der Waals surface area contributed by atoms with Gasteiger partial charge < -0.3 is 29.0 Å². The van der Waals surface area contributed by atoms with Crippen molar-refractivity contribution in [2.45, 2.75) is 13.0 Å². The van der Waals surface area contributed by atoms with Crippen LogP contribution in [0.15, 0.2) is 30.3 Å². The third-order valence-corrected chi connectivity index (χ3v) is 4.34. The Morgan fingerprint density at radius 3 is 2.44 bits per heavy atom. The van der Waals surface area contributed by atoms with Crippen molar-refractivity contribution >= 4 is 5.91 Å². The molecular weight excluding hydrogens is 350 g/mol. The minimum Gasteiger partial charge on any atom is -0.497 e. The molecule has 0 saturated heterocycles. The molecular formula is C20H23NO6. The fraction of sp³-hybridized carbons (Fsp3) is 0.350. The lowest BCUT2D eigenvalue weighted by Gasteiger charge is -2.22. The van der Waals surface area contributed by atoms with Crippen LogP contribution in [-0.4, -0.2) is 40.5 Å². The van der Waals surface area contributed by atoms with Gasteiger partial charge >= 0.3 is 0 Å². The summed E-state index contributed by atoms with van der Waals surface area (Å²) < 4.78 is 27.2. The molecule has 0 radical (unpaired) electrons. The van der Waals surface area contributed by atoms with Crippen LogP contribution < -0.4 is 29.0 Å². The summed E-state index contributed by atoms with van der Waals surface area (Å²) in [6, 6.07) is 8.45. The van der Waals surface area contributed by atoms with Gasteiger partial charge in [0.1, 0.15) is 24.7 Å². The molecule has 0 aromatic heterocycles. The zero-order valence-corrected chi connectivity index (χ0v) is 15.8. The van der Waals surface area contributed by atoms with Gasteiger partial charge in [0.15, 0.2) is 11.5 Å². The lowest BCUT2D eigenvalue weighted by molar-refractivity contribution is 0.0937. The summed E-state index contributed by atoms with van der Waals surface area (Å²) in [6.07, 6.45) is 0. The second kappa shape index (κ2) is 8.07. The zero-order valence-electron chi connectivity index (χ0n) is 15.8. The second-order valence-electron chi connectivity index (χ2n) is 6.01. The van der Waals surface area contributed by atoms with Crippen LogP contribution in [0.25, 0.3) is 0 Å². The average molecular weight is 373 g/mol. The van der Waals surface area contributed by atoms with Gasteiger partial charge in [-0.3, -0.25) is 4.79 Å². The molecule has 2 aromatic carbocycles. The standard InChI is InChI=1S/C20H23NO6/c1-12(15-11-14(23-2)5-6-16(15)24-3)21-20(22)13-9-17(25-4)19-18(10-13)26-7-8-27-19/h5-6,9-12H,7-8H2,1-4H3,(H,21,22)/t12-/m1/s1. The maximum Gasteiger partial charge on any atom is 0.252 e. The van der Waals surface area contributed by atoms with Gasteiger partial charge in [0.05, 0.1) is 27.4 Å². The third-order valence-electron chi connectivity index (χ3n) is 4.34. The molecule has 7 nitrogen and oxygen atoms in total. The van der Waals surface area contributed by atoms with Crippen molar-refractivity contribution in [3.8, 4) is 28.7 Å². The van der Waals surface area contributed by atoms with Crippen molar-refractivity contribution in [1.82, 2.24) is 5.32 Å². The van der Waals surface area contributed by atoms with E-state index in [0.717, 1.165) is 5.56 Å². The molecule has 0 saturated carbocycles. The summed E-state index contributed by atoms with van der Waals surface area (Å²) in [6.45, 7) is 2.75. The maximum atomic E-state index is 12.8. The molecule has 0 bridgehead atoms.